The highest BCUT2D eigenvalue weighted by atomic mass is 35.5. The van der Waals surface area contributed by atoms with Gasteiger partial charge in [0, 0.05) is 47.9 Å². The van der Waals surface area contributed by atoms with E-state index in [0.717, 1.165) is 5.56 Å². The Morgan fingerprint density at radius 2 is 1.94 bits per heavy atom. The van der Waals surface area contributed by atoms with Crippen LogP contribution in [0.4, 0.5) is 13.2 Å². The van der Waals surface area contributed by atoms with Crippen LogP contribution in [0.15, 0.2) is 65.6 Å². The Labute approximate surface area is 197 Å². The van der Waals surface area contributed by atoms with Gasteiger partial charge in [-0.1, -0.05) is 41.9 Å². The Morgan fingerprint density at radius 1 is 1.18 bits per heavy atom. The number of carbonyl (C=O) groups is 1. The van der Waals surface area contributed by atoms with Crippen molar-refractivity contribution >= 4 is 23.2 Å². The second kappa shape index (κ2) is 8.48. The second-order valence-electron chi connectivity index (χ2n) is 8.39. The molecule has 2 N–H and O–H groups in total. The van der Waals surface area contributed by atoms with E-state index in [-0.39, 0.29) is 40.6 Å². The lowest BCUT2D eigenvalue weighted by atomic mass is 9.95. The summed E-state index contributed by atoms with van der Waals surface area (Å²) in [5, 5.41) is -0.0505. The number of hydrogen-bond acceptors (Lipinski definition) is 4. The minimum Gasteiger partial charge on any atom is -0.472 e. The summed E-state index contributed by atoms with van der Waals surface area (Å²) in [6, 6.07) is 12.4. The molecule has 0 bridgehead atoms. The Bertz CT molecular complexity index is 1340. The van der Waals surface area contributed by atoms with E-state index in [1.807, 2.05) is 30.3 Å². The van der Waals surface area contributed by atoms with Gasteiger partial charge in [-0.2, -0.15) is 13.2 Å². The minimum absolute atomic E-state index is 0.0129. The van der Waals surface area contributed by atoms with Crippen LogP contribution in [0.3, 0.4) is 0 Å². The van der Waals surface area contributed by atoms with Crippen LogP contribution in [0.5, 0.6) is 0 Å². The molecule has 1 fully saturated rings. The molecular formula is C24H20ClF3N4O2. The third-order valence-corrected chi connectivity index (χ3v) is 6.43. The van der Waals surface area contributed by atoms with Gasteiger partial charge in [-0.05, 0) is 17.7 Å². The molecule has 1 aliphatic rings. The zero-order valence-electron chi connectivity index (χ0n) is 17.8. The van der Waals surface area contributed by atoms with E-state index in [4.69, 9.17) is 21.8 Å². The molecule has 4 heterocycles. The third-order valence-electron chi connectivity index (χ3n) is 6.07. The first kappa shape index (κ1) is 22.5. The number of amides is 1. The molecule has 176 valence electrons. The molecule has 1 amide bonds. The number of alkyl halides is 3. The quantitative estimate of drug-likeness (QED) is 0.442. The summed E-state index contributed by atoms with van der Waals surface area (Å²) in [5.74, 6) is -0.528. The van der Waals surface area contributed by atoms with Gasteiger partial charge in [0.05, 0.1) is 18.9 Å². The maximum absolute atomic E-state index is 13.3. The van der Waals surface area contributed by atoms with Crippen LogP contribution in [-0.2, 0) is 6.42 Å². The van der Waals surface area contributed by atoms with Crippen molar-refractivity contribution in [1.82, 2.24) is 14.3 Å². The first-order valence-corrected chi connectivity index (χ1v) is 11.0. The standard InChI is InChI=1S/C24H20ClF3N4O2/c25-21-20(23(33)31-11-18(19(29)12-31)14-4-2-1-3-5-14)30-22-16(9-24(26,27)28)8-17(10-32(21)22)15-6-7-34-13-15/h1-8,10,13,18-19H,9,11-12,29H2. The summed E-state index contributed by atoms with van der Waals surface area (Å²) in [5.41, 5.74) is 8.17. The van der Waals surface area contributed by atoms with Gasteiger partial charge < -0.3 is 15.1 Å². The first-order valence-electron chi connectivity index (χ1n) is 10.6. The van der Waals surface area contributed by atoms with Crippen LogP contribution in [0.25, 0.3) is 16.8 Å². The molecule has 1 aromatic carbocycles. The predicted molar refractivity (Wildman–Crippen MR) is 121 cm³/mol. The summed E-state index contributed by atoms with van der Waals surface area (Å²) in [6.45, 7) is 0.655. The number of imidazole rings is 1. The maximum Gasteiger partial charge on any atom is 0.393 e. The summed E-state index contributed by atoms with van der Waals surface area (Å²) < 4.78 is 46.4. The van der Waals surface area contributed by atoms with Crippen LogP contribution >= 0.6 is 11.6 Å². The van der Waals surface area contributed by atoms with Gasteiger partial charge in [-0.3, -0.25) is 9.20 Å². The lowest BCUT2D eigenvalue weighted by Crippen LogP contribution is -2.32. The normalized spacial score (nSPS) is 18.7. The van der Waals surface area contributed by atoms with Crippen LogP contribution < -0.4 is 5.73 Å². The van der Waals surface area contributed by atoms with Crippen molar-refractivity contribution in [2.45, 2.75) is 24.6 Å². The van der Waals surface area contributed by atoms with Crippen molar-refractivity contribution in [3.05, 3.63) is 83.2 Å². The molecule has 3 aromatic heterocycles. The molecular weight excluding hydrogens is 469 g/mol. The predicted octanol–water partition coefficient (Wildman–Crippen LogP) is 4.92. The number of benzene rings is 1. The molecule has 1 aliphatic heterocycles. The number of nitrogens with zero attached hydrogens (tertiary/aromatic N) is 3. The highest BCUT2D eigenvalue weighted by Crippen LogP contribution is 2.33. The van der Waals surface area contributed by atoms with Gasteiger partial charge in [-0.25, -0.2) is 4.98 Å². The molecule has 4 aromatic rings. The SMILES string of the molecule is NC1CN(C(=O)c2nc3c(CC(F)(F)F)cc(-c4ccoc4)cn3c2Cl)CC1c1ccccc1. The van der Waals surface area contributed by atoms with Crippen molar-refractivity contribution in [2.75, 3.05) is 13.1 Å². The average Bonchev–Trinajstić information content (AvgIpc) is 3.53. The van der Waals surface area contributed by atoms with Crippen molar-refractivity contribution in [1.29, 1.82) is 0 Å². The van der Waals surface area contributed by atoms with Crippen molar-refractivity contribution < 1.29 is 22.4 Å². The zero-order valence-corrected chi connectivity index (χ0v) is 18.6. The van der Waals surface area contributed by atoms with Crippen molar-refractivity contribution in [3.8, 4) is 11.1 Å². The van der Waals surface area contributed by atoms with E-state index < -0.39 is 18.5 Å². The van der Waals surface area contributed by atoms with Crippen LogP contribution in [0.2, 0.25) is 5.15 Å². The Kier molecular flexibility index (Phi) is 5.61. The number of carbonyl (C=O) groups excluding carboxylic acids is 1. The maximum atomic E-state index is 13.3. The number of halogens is 4. The molecule has 34 heavy (non-hydrogen) atoms. The fourth-order valence-electron chi connectivity index (χ4n) is 4.45. The smallest absolute Gasteiger partial charge is 0.393 e. The number of furan rings is 1. The van der Waals surface area contributed by atoms with Crippen LogP contribution in [-0.4, -0.2) is 45.5 Å². The number of nitrogens with two attached hydrogens (primary N) is 1. The van der Waals surface area contributed by atoms with Gasteiger partial charge >= 0.3 is 6.18 Å². The van der Waals surface area contributed by atoms with Crippen LogP contribution in [0.1, 0.15) is 27.5 Å². The van der Waals surface area contributed by atoms with E-state index in [1.165, 1.54) is 23.0 Å². The second-order valence-corrected chi connectivity index (χ2v) is 8.75. The van der Waals surface area contributed by atoms with E-state index in [1.54, 1.807) is 17.2 Å². The highest BCUT2D eigenvalue weighted by molar-refractivity contribution is 6.33. The molecule has 0 saturated carbocycles. The molecule has 1 saturated heterocycles. The molecule has 2 atom stereocenters. The van der Waals surface area contributed by atoms with Gasteiger partial charge in [-0.15, -0.1) is 0 Å². The van der Waals surface area contributed by atoms with Crippen molar-refractivity contribution in [3.63, 3.8) is 0 Å². The first-order chi connectivity index (χ1) is 16.2. The highest BCUT2D eigenvalue weighted by Gasteiger charge is 2.37. The number of likely N-dealkylation sites (tertiary alicyclic amines) is 1. The molecule has 2 unspecified atom stereocenters. The molecule has 6 nitrogen and oxygen atoms in total. The number of hydrogen-bond donors (Lipinski definition) is 1. The molecule has 10 heteroatoms. The van der Waals surface area contributed by atoms with Gasteiger partial charge in [0.25, 0.3) is 5.91 Å². The summed E-state index contributed by atoms with van der Waals surface area (Å²) in [7, 11) is 0. The summed E-state index contributed by atoms with van der Waals surface area (Å²) in [4.78, 5) is 19.2. The largest absolute Gasteiger partial charge is 0.472 e. The number of rotatable bonds is 4. The van der Waals surface area contributed by atoms with E-state index in [0.29, 0.717) is 17.7 Å². The monoisotopic (exact) mass is 488 g/mol. The fourth-order valence-corrected chi connectivity index (χ4v) is 4.70. The molecule has 0 radical (unpaired) electrons. The van der Waals surface area contributed by atoms with Gasteiger partial charge in [0.2, 0.25) is 0 Å². The topological polar surface area (TPSA) is 76.8 Å². The number of aromatic nitrogens is 2. The number of pyridine rings is 1. The van der Waals surface area contributed by atoms with E-state index in [2.05, 4.69) is 4.98 Å². The Morgan fingerprint density at radius 3 is 2.62 bits per heavy atom. The molecule has 0 spiro atoms. The third kappa shape index (κ3) is 4.17. The summed E-state index contributed by atoms with van der Waals surface area (Å²) in [6.07, 6.45) is -1.29. The Hall–Kier alpha value is -3.30. The van der Waals surface area contributed by atoms with E-state index in [9.17, 15) is 18.0 Å². The average molecular weight is 489 g/mol. The lowest BCUT2D eigenvalue weighted by molar-refractivity contribution is -0.127. The minimum atomic E-state index is -4.47. The zero-order chi connectivity index (χ0) is 24.0. The number of fused-ring (bicyclic) bond motifs is 1. The van der Waals surface area contributed by atoms with Crippen molar-refractivity contribution in [2.24, 2.45) is 5.73 Å². The van der Waals surface area contributed by atoms with Gasteiger partial charge in [0.15, 0.2) is 5.69 Å². The molecule has 0 aliphatic carbocycles. The van der Waals surface area contributed by atoms with Gasteiger partial charge in [0.1, 0.15) is 10.8 Å². The van der Waals surface area contributed by atoms with Crippen LogP contribution in [0, 0.1) is 0 Å². The lowest BCUT2D eigenvalue weighted by Gasteiger charge is -2.15. The van der Waals surface area contributed by atoms with E-state index >= 15 is 0 Å². The summed E-state index contributed by atoms with van der Waals surface area (Å²) >= 11 is 6.51. The fraction of sp³-hybridized carbons (Fsp3) is 0.250. The molecule has 5 rings (SSSR count). The Balaban J connectivity index is 1.53.